The van der Waals surface area contributed by atoms with Gasteiger partial charge in [-0.3, -0.25) is 9.48 Å². The van der Waals surface area contributed by atoms with Crippen molar-refractivity contribution >= 4 is 11.6 Å². The summed E-state index contributed by atoms with van der Waals surface area (Å²) in [4.78, 5) is 20.9. The van der Waals surface area contributed by atoms with Gasteiger partial charge in [0.25, 0.3) is 11.9 Å². The Bertz CT molecular complexity index is 1070. The number of rotatable bonds is 4. The Morgan fingerprint density at radius 1 is 1.15 bits per heavy atom. The average molecular weight is 363 g/mol. The van der Waals surface area contributed by atoms with E-state index >= 15 is 0 Å². The van der Waals surface area contributed by atoms with Gasteiger partial charge in [0.2, 0.25) is 0 Å². The molecule has 9 heteroatoms. The molecule has 134 valence electrons. The lowest BCUT2D eigenvalue weighted by atomic mass is 10.1. The summed E-state index contributed by atoms with van der Waals surface area (Å²) in [5, 5.41) is 11.1. The van der Waals surface area contributed by atoms with Crippen molar-refractivity contribution in [2.24, 2.45) is 7.05 Å². The van der Waals surface area contributed by atoms with Crippen molar-refractivity contribution in [1.82, 2.24) is 29.5 Å². The first-order valence-corrected chi connectivity index (χ1v) is 8.03. The van der Waals surface area contributed by atoms with Crippen molar-refractivity contribution in [3.05, 3.63) is 72.7 Å². The Hall–Kier alpha value is -3.88. The molecule has 4 rings (SSSR count). The normalized spacial score (nSPS) is 10.7. The van der Waals surface area contributed by atoms with Crippen molar-refractivity contribution in [2.45, 2.75) is 0 Å². The van der Waals surface area contributed by atoms with Gasteiger partial charge < -0.3 is 5.32 Å². The summed E-state index contributed by atoms with van der Waals surface area (Å²) in [6.07, 6.45) is 6.35. The predicted molar refractivity (Wildman–Crippen MR) is 95.7 cm³/mol. The number of halogens is 1. The maximum Gasteiger partial charge on any atom is 0.274 e. The highest BCUT2D eigenvalue weighted by molar-refractivity contribution is 6.03. The summed E-state index contributed by atoms with van der Waals surface area (Å²) in [5.74, 6) is -0.280. The van der Waals surface area contributed by atoms with E-state index in [0.717, 1.165) is 5.56 Å². The number of carbonyl (C=O) groups excluding carboxylic acids is 1. The fourth-order valence-corrected chi connectivity index (χ4v) is 2.53. The molecule has 0 atom stereocenters. The SMILES string of the molecule is Cn1nc(-c2ccc(F)cc2)cc1C(=O)Nc1cnc(-n2cccn2)nc1. The molecule has 4 aromatic rings. The monoisotopic (exact) mass is 363 g/mol. The molecule has 0 saturated carbocycles. The van der Waals surface area contributed by atoms with E-state index in [4.69, 9.17) is 0 Å². The molecule has 0 aliphatic rings. The number of hydrogen-bond acceptors (Lipinski definition) is 5. The lowest BCUT2D eigenvalue weighted by Gasteiger charge is -2.05. The van der Waals surface area contributed by atoms with Crippen molar-refractivity contribution in [1.29, 1.82) is 0 Å². The van der Waals surface area contributed by atoms with Gasteiger partial charge in [-0.2, -0.15) is 10.2 Å². The Labute approximate surface area is 153 Å². The fourth-order valence-electron chi connectivity index (χ4n) is 2.53. The first kappa shape index (κ1) is 16.6. The molecular weight excluding hydrogens is 349 g/mol. The van der Waals surface area contributed by atoms with Crippen molar-refractivity contribution in [3.63, 3.8) is 0 Å². The van der Waals surface area contributed by atoms with E-state index in [9.17, 15) is 9.18 Å². The maximum atomic E-state index is 13.1. The molecule has 0 saturated heterocycles. The van der Waals surface area contributed by atoms with E-state index in [1.807, 2.05) is 0 Å². The molecule has 0 aliphatic heterocycles. The van der Waals surface area contributed by atoms with E-state index in [2.05, 4.69) is 25.5 Å². The van der Waals surface area contributed by atoms with Gasteiger partial charge in [-0.1, -0.05) is 0 Å². The van der Waals surface area contributed by atoms with E-state index in [1.165, 1.54) is 33.9 Å². The minimum absolute atomic E-state index is 0.328. The number of anilines is 1. The van der Waals surface area contributed by atoms with Crippen LogP contribution >= 0.6 is 0 Å². The molecule has 3 heterocycles. The standard InChI is InChI=1S/C18H14FN7O/c1-25-16(9-15(24-25)12-3-5-13(19)6-4-12)17(27)23-14-10-20-18(21-11-14)26-8-2-7-22-26/h2-11H,1H3,(H,23,27). The summed E-state index contributed by atoms with van der Waals surface area (Å²) in [6.45, 7) is 0. The van der Waals surface area contributed by atoms with Gasteiger partial charge in [0.1, 0.15) is 11.5 Å². The summed E-state index contributed by atoms with van der Waals surface area (Å²) in [5.41, 5.74) is 2.09. The molecule has 1 amide bonds. The predicted octanol–water partition coefficient (Wildman–Crippen LogP) is 2.45. The number of aryl methyl sites for hydroxylation is 1. The van der Waals surface area contributed by atoms with Gasteiger partial charge in [0, 0.05) is 25.0 Å². The number of carbonyl (C=O) groups is 1. The minimum Gasteiger partial charge on any atom is -0.318 e. The highest BCUT2D eigenvalue weighted by Gasteiger charge is 2.15. The van der Waals surface area contributed by atoms with E-state index in [1.54, 1.807) is 43.7 Å². The van der Waals surface area contributed by atoms with Crippen LogP contribution in [0.3, 0.4) is 0 Å². The molecule has 0 unspecified atom stereocenters. The highest BCUT2D eigenvalue weighted by atomic mass is 19.1. The molecule has 0 aliphatic carbocycles. The Morgan fingerprint density at radius 2 is 1.89 bits per heavy atom. The number of benzene rings is 1. The van der Waals surface area contributed by atoms with Crippen LogP contribution in [0, 0.1) is 5.82 Å². The molecule has 1 aromatic carbocycles. The Morgan fingerprint density at radius 3 is 2.56 bits per heavy atom. The topological polar surface area (TPSA) is 90.5 Å². The van der Waals surface area contributed by atoms with E-state index in [0.29, 0.717) is 23.0 Å². The molecule has 3 aromatic heterocycles. The average Bonchev–Trinajstić information content (AvgIpc) is 3.33. The van der Waals surface area contributed by atoms with Crippen molar-refractivity contribution in [2.75, 3.05) is 5.32 Å². The van der Waals surface area contributed by atoms with Crippen LogP contribution in [0.25, 0.3) is 17.2 Å². The third-order valence-electron chi connectivity index (χ3n) is 3.86. The van der Waals surface area contributed by atoms with Crippen molar-refractivity contribution in [3.8, 4) is 17.2 Å². The van der Waals surface area contributed by atoms with Gasteiger partial charge in [0.05, 0.1) is 23.8 Å². The van der Waals surface area contributed by atoms with Crippen LogP contribution in [0.15, 0.2) is 61.2 Å². The second kappa shape index (κ2) is 6.79. The second-order valence-electron chi connectivity index (χ2n) is 5.72. The van der Waals surface area contributed by atoms with Crippen molar-refractivity contribution < 1.29 is 9.18 Å². The maximum absolute atomic E-state index is 13.1. The molecule has 0 spiro atoms. The molecule has 8 nitrogen and oxygen atoms in total. The van der Waals surface area contributed by atoms with Gasteiger partial charge in [0.15, 0.2) is 0 Å². The zero-order valence-electron chi connectivity index (χ0n) is 14.2. The number of aromatic nitrogens is 6. The molecule has 1 N–H and O–H groups in total. The zero-order chi connectivity index (χ0) is 18.8. The van der Waals surface area contributed by atoms with Crippen LogP contribution in [-0.4, -0.2) is 35.4 Å². The third kappa shape index (κ3) is 3.43. The first-order valence-electron chi connectivity index (χ1n) is 8.03. The van der Waals surface area contributed by atoms with Gasteiger partial charge in [-0.25, -0.2) is 19.0 Å². The van der Waals surface area contributed by atoms with E-state index < -0.39 is 0 Å². The van der Waals surface area contributed by atoms with Crippen LogP contribution < -0.4 is 5.32 Å². The molecule has 0 fully saturated rings. The van der Waals surface area contributed by atoms with Crippen LogP contribution in [0.2, 0.25) is 0 Å². The third-order valence-corrected chi connectivity index (χ3v) is 3.86. The number of nitrogens with one attached hydrogen (secondary N) is 1. The van der Waals surface area contributed by atoms with Gasteiger partial charge in [-0.15, -0.1) is 0 Å². The number of amides is 1. The summed E-state index contributed by atoms with van der Waals surface area (Å²) in [6, 6.07) is 9.33. The van der Waals surface area contributed by atoms with Crippen LogP contribution in [-0.2, 0) is 7.05 Å². The van der Waals surface area contributed by atoms with Crippen LogP contribution in [0.5, 0.6) is 0 Å². The molecule has 27 heavy (non-hydrogen) atoms. The highest BCUT2D eigenvalue weighted by Crippen LogP contribution is 2.20. The smallest absolute Gasteiger partial charge is 0.274 e. The fraction of sp³-hybridized carbons (Fsp3) is 0.0556. The summed E-state index contributed by atoms with van der Waals surface area (Å²) < 4.78 is 16.0. The lowest BCUT2D eigenvalue weighted by Crippen LogP contribution is -2.16. The largest absolute Gasteiger partial charge is 0.318 e. The number of nitrogens with zero attached hydrogens (tertiary/aromatic N) is 6. The molecule has 0 radical (unpaired) electrons. The Kier molecular flexibility index (Phi) is 4.17. The van der Waals surface area contributed by atoms with Crippen LogP contribution in [0.1, 0.15) is 10.5 Å². The minimum atomic E-state index is -0.353. The van der Waals surface area contributed by atoms with E-state index in [-0.39, 0.29) is 11.7 Å². The lowest BCUT2D eigenvalue weighted by molar-refractivity contribution is 0.101. The molecule has 0 bridgehead atoms. The second-order valence-corrected chi connectivity index (χ2v) is 5.72. The summed E-state index contributed by atoms with van der Waals surface area (Å²) in [7, 11) is 1.67. The van der Waals surface area contributed by atoms with Crippen LogP contribution in [0.4, 0.5) is 10.1 Å². The molecular formula is C18H14FN7O. The quantitative estimate of drug-likeness (QED) is 0.601. The van der Waals surface area contributed by atoms with Gasteiger partial charge in [-0.05, 0) is 36.4 Å². The first-order chi connectivity index (χ1) is 13.1. The number of hydrogen-bond donors (Lipinski definition) is 1. The summed E-state index contributed by atoms with van der Waals surface area (Å²) >= 11 is 0. The Balaban J connectivity index is 1.52. The zero-order valence-corrected chi connectivity index (χ0v) is 14.2. The van der Waals surface area contributed by atoms with Gasteiger partial charge >= 0.3 is 0 Å².